The number of hydrogen-bond acceptors (Lipinski definition) is 3. The summed E-state index contributed by atoms with van der Waals surface area (Å²) >= 11 is 0. The molecule has 1 aromatic rings. The number of rotatable bonds is 3. The molecule has 1 unspecified atom stereocenters. The first kappa shape index (κ1) is 13.9. The lowest BCUT2D eigenvalue weighted by atomic mass is 9.82. The molecule has 1 aromatic carbocycles. The van der Waals surface area contributed by atoms with Crippen molar-refractivity contribution in [2.45, 2.75) is 38.1 Å². The lowest BCUT2D eigenvalue weighted by Gasteiger charge is -2.31. The van der Waals surface area contributed by atoms with Gasteiger partial charge in [-0.05, 0) is 43.5 Å². The molecule has 3 heteroatoms. The maximum absolute atomic E-state index is 5.79. The summed E-state index contributed by atoms with van der Waals surface area (Å²) in [4.78, 5) is 0. The summed E-state index contributed by atoms with van der Waals surface area (Å²) < 4.78 is 11.3. The van der Waals surface area contributed by atoms with Gasteiger partial charge in [-0.3, -0.25) is 0 Å². The van der Waals surface area contributed by atoms with Crippen molar-refractivity contribution in [1.29, 1.82) is 0 Å². The predicted molar refractivity (Wildman–Crippen MR) is 80.3 cm³/mol. The van der Waals surface area contributed by atoms with Gasteiger partial charge >= 0.3 is 0 Å². The standard InChI is InChI=1S/C17H25NO2/c1-17(2)11-20-15-5-4-13(10-14(15)17)16(18-3)12-6-8-19-9-7-12/h4-5,10,12,16,18H,6-9,11H2,1-3H3. The third-order valence-corrected chi connectivity index (χ3v) is 4.73. The van der Waals surface area contributed by atoms with E-state index >= 15 is 0 Å². The van der Waals surface area contributed by atoms with E-state index in [4.69, 9.17) is 9.47 Å². The van der Waals surface area contributed by atoms with Crippen molar-refractivity contribution in [3.63, 3.8) is 0 Å². The van der Waals surface area contributed by atoms with Crippen molar-refractivity contribution in [3.05, 3.63) is 29.3 Å². The zero-order valence-corrected chi connectivity index (χ0v) is 12.7. The highest BCUT2D eigenvalue weighted by molar-refractivity contribution is 5.46. The summed E-state index contributed by atoms with van der Waals surface area (Å²) in [6.07, 6.45) is 2.28. The average molecular weight is 275 g/mol. The van der Waals surface area contributed by atoms with Crippen molar-refractivity contribution in [3.8, 4) is 5.75 Å². The number of ether oxygens (including phenoxy) is 2. The van der Waals surface area contributed by atoms with Gasteiger partial charge in [-0.25, -0.2) is 0 Å². The summed E-state index contributed by atoms with van der Waals surface area (Å²) in [5.41, 5.74) is 2.86. The fourth-order valence-electron chi connectivity index (χ4n) is 3.46. The third-order valence-electron chi connectivity index (χ3n) is 4.73. The summed E-state index contributed by atoms with van der Waals surface area (Å²) in [6.45, 7) is 7.08. The molecule has 1 fully saturated rings. The highest BCUT2D eigenvalue weighted by atomic mass is 16.5. The molecule has 3 nitrogen and oxygen atoms in total. The molecule has 0 spiro atoms. The summed E-state index contributed by atoms with van der Waals surface area (Å²) in [5.74, 6) is 1.72. The van der Waals surface area contributed by atoms with Crippen LogP contribution >= 0.6 is 0 Å². The number of benzene rings is 1. The van der Waals surface area contributed by atoms with Gasteiger partial charge in [-0.1, -0.05) is 19.9 Å². The van der Waals surface area contributed by atoms with Crippen molar-refractivity contribution < 1.29 is 9.47 Å². The smallest absolute Gasteiger partial charge is 0.123 e. The Balaban J connectivity index is 1.89. The van der Waals surface area contributed by atoms with Gasteiger partial charge in [0, 0.05) is 30.2 Å². The number of fused-ring (bicyclic) bond motifs is 1. The first-order valence-corrected chi connectivity index (χ1v) is 7.64. The number of hydrogen-bond donors (Lipinski definition) is 1. The van der Waals surface area contributed by atoms with Crippen molar-refractivity contribution in [2.75, 3.05) is 26.9 Å². The van der Waals surface area contributed by atoms with Gasteiger partial charge in [0.05, 0.1) is 6.61 Å². The van der Waals surface area contributed by atoms with Crippen LogP contribution in [0.2, 0.25) is 0 Å². The molecule has 0 aromatic heterocycles. The van der Waals surface area contributed by atoms with Gasteiger partial charge in [-0.2, -0.15) is 0 Å². The molecule has 1 saturated heterocycles. The first-order chi connectivity index (χ1) is 9.62. The monoisotopic (exact) mass is 275 g/mol. The zero-order chi connectivity index (χ0) is 14.2. The Hall–Kier alpha value is -1.06. The molecule has 0 amide bonds. The Kier molecular flexibility index (Phi) is 3.74. The molecular weight excluding hydrogens is 250 g/mol. The third kappa shape index (κ3) is 2.45. The fourth-order valence-corrected chi connectivity index (χ4v) is 3.46. The van der Waals surface area contributed by atoms with Crippen LogP contribution < -0.4 is 10.1 Å². The lowest BCUT2D eigenvalue weighted by molar-refractivity contribution is 0.0546. The minimum Gasteiger partial charge on any atom is -0.492 e. The summed E-state index contributed by atoms with van der Waals surface area (Å²) in [5, 5.41) is 3.51. The van der Waals surface area contributed by atoms with Crippen molar-refractivity contribution >= 4 is 0 Å². The van der Waals surface area contributed by atoms with E-state index in [1.54, 1.807) is 0 Å². The maximum atomic E-state index is 5.79. The van der Waals surface area contributed by atoms with E-state index in [1.807, 2.05) is 0 Å². The fraction of sp³-hybridized carbons (Fsp3) is 0.647. The summed E-state index contributed by atoms with van der Waals surface area (Å²) in [6, 6.07) is 7.12. The van der Waals surface area contributed by atoms with Gasteiger partial charge in [0.2, 0.25) is 0 Å². The molecule has 2 aliphatic rings. The van der Waals surface area contributed by atoms with E-state index in [-0.39, 0.29) is 5.41 Å². The van der Waals surface area contributed by atoms with Gasteiger partial charge in [0.25, 0.3) is 0 Å². The topological polar surface area (TPSA) is 30.5 Å². The van der Waals surface area contributed by atoms with Crippen LogP contribution in [0.3, 0.4) is 0 Å². The molecule has 0 radical (unpaired) electrons. The minimum absolute atomic E-state index is 0.124. The van der Waals surface area contributed by atoms with Crippen LogP contribution in [-0.4, -0.2) is 26.9 Å². The molecule has 0 bridgehead atoms. The zero-order valence-electron chi connectivity index (χ0n) is 12.7. The molecular formula is C17H25NO2. The molecule has 1 atom stereocenters. The van der Waals surface area contributed by atoms with Crippen LogP contribution in [0.15, 0.2) is 18.2 Å². The molecule has 110 valence electrons. The second kappa shape index (κ2) is 5.38. The lowest BCUT2D eigenvalue weighted by Crippen LogP contribution is -2.30. The molecule has 0 saturated carbocycles. The van der Waals surface area contributed by atoms with Crippen LogP contribution in [0.4, 0.5) is 0 Å². The largest absolute Gasteiger partial charge is 0.492 e. The molecule has 20 heavy (non-hydrogen) atoms. The van der Waals surface area contributed by atoms with Crippen LogP contribution in [0, 0.1) is 5.92 Å². The minimum atomic E-state index is 0.124. The Morgan fingerprint density at radius 1 is 1.25 bits per heavy atom. The van der Waals surface area contributed by atoms with Crippen molar-refractivity contribution in [1.82, 2.24) is 5.32 Å². The van der Waals surface area contributed by atoms with Gasteiger partial charge < -0.3 is 14.8 Å². The van der Waals surface area contributed by atoms with Crippen LogP contribution in [0.5, 0.6) is 5.75 Å². The van der Waals surface area contributed by atoms with Gasteiger partial charge in [-0.15, -0.1) is 0 Å². The molecule has 1 N–H and O–H groups in total. The Morgan fingerprint density at radius 3 is 2.70 bits per heavy atom. The number of nitrogens with one attached hydrogen (secondary N) is 1. The van der Waals surface area contributed by atoms with E-state index in [9.17, 15) is 0 Å². The SMILES string of the molecule is CNC(c1ccc2c(c1)C(C)(C)CO2)C1CCOCC1. The van der Waals surface area contributed by atoms with E-state index in [0.717, 1.165) is 38.4 Å². The highest BCUT2D eigenvalue weighted by Crippen LogP contribution is 2.41. The van der Waals surface area contributed by atoms with Crippen LogP contribution in [0.1, 0.15) is 43.9 Å². The average Bonchev–Trinajstić information content (AvgIpc) is 2.77. The Morgan fingerprint density at radius 2 is 2.00 bits per heavy atom. The maximum Gasteiger partial charge on any atom is 0.123 e. The molecule has 2 heterocycles. The second-order valence-corrected chi connectivity index (χ2v) is 6.64. The molecule has 2 aliphatic heterocycles. The molecule has 3 rings (SSSR count). The first-order valence-electron chi connectivity index (χ1n) is 7.64. The highest BCUT2D eigenvalue weighted by Gasteiger charge is 2.33. The Labute approximate surface area is 121 Å². The Bertz CT molecular complexity index is 478. The van der Waals surface area contributed by atoms with Gasteiger partial charge in [0.15, 0.2) is 0 Å². The van der Waals surface area contributed by atoms with Crippen molar-refractivity contribution in [2.24, 2.45) is 5.92 Å². The normalized spacial score (nSPS) is 23.1. The van der Waals surface area contributed by atoms with E-state index in [0.29, 0.717) is 12.0 Å². The van der Waals surface area contributed by atoms with Crippen LogP contribution in [0.25, 0.3) is 0 Å². The second-order valence-electron chi connectivity index (χ2n) is 6.64. The quantitative estimate of drug-likeness (QED) is 0.919. The summed E-state index contributed by atoms with van der Waals surface area (Å²) in [7, 11) is 2.06. The van der Waals surface area contributed by atoms with E-state index < -0.39 is 0 Å². The predicted octanol–water partition coefficient (Wildman–Crippen LogP) is 3.04. The van der Waals surface area contributed by atoms with Crippen LogP contribution in [-0.2, 0) is 10.2 Å². The van der Waals surface area contributed by atoms with Gasteiger partial charge in [0.1, 0.15) is 5.75 Å². The van der Waals surface area contributed by atoms with E-state index in [1.165, 1.54) is 11.1 Å². The molecule has 0 aliphatic carbocycles. The van der Waals surface area contributed by atoms with E-state index in [2.05, 4.69) is 44.4 Å².